The Labute approximate surface area is 228 Å². The summed E-state index contributed by atoms with van der Waals surface area (Å²) in [6.45, 7) is 16.0. The zero-order chi connectivity index (χ0) is 27.7. The van der Waals surface area contributed by atoms with Gasteiger partial charge < -0.3 is 24.8 Å². The van der Waals surface area contributed by atoms with Gasteiger partial charge in [0, 0.05) is 29.6 Å². The Morgan fingerprint density at radius 3 is 2.37 bits per heavy atom. The van der Waals surface area contributed by atoms with E-state index in [1.54, 1.807) is 0 Å². The molecule has 7 aliphatic rings. The van der Waals surface area contributed by atoms with Crippen molar-refractivity contribution >= 4 is 5.97 Å². The van der Waals surface area contributed by atoms with E-state index in [1.807, 2.05) is 0 Å². The lowest BCUT2D eigenvalue weighted by Crippen LogP contribution is -2.73. The summed E-state index contributed by atoms with van der Waals surface area (Å²) in [5.41, 5.74) is 0.577. The van der Waals surface area contributed by atoms with Crippen LogP contribution in [0.2, 0.25) is 0 Å². The molecule has 1 spiro atoms. The summed E-state index contributed by atoms with van der Waals surface area (Å²) >= 11 is 0. The van der Waals surface area contributed by atoms with E-state index in [2.05, 4.69) is 47.6 Å². The van der Waals surface area contributed by atoms with Crippen LogP contribution in [0.3, 0.4) is 0 Å². The summed E-state index contributed by atoms with van der Waals surface area (Å²) in [7, 11) is 0. The van der Waals surface area contributed by atoms with Gasteiger partial charge in [0.15, 0.2) is 5.79 Å². The van der Waals surface area contributed by atoms with Crippen molar-refractivity contribution in [2.75, 3.05) is 13.2 Å². The van der Waals surface area contributed by atoms with Gasteiger partial charge in [0.25, 0.3) is 0 Å². The quantitative estimate of drug-likeness (QED) is 0.349. The molecule has 0 amide bonds. The van der Waals surface area contributed by atoms with E-state index < -0.39 is 23.4 Å². The second-order valence-corrected chi connectivity index (χ2v) is 15.5. The van der Waals surface area contributed by atoms with E-state index in [1.165, 1.54) is 12.5 Å². The number of hydrogen-bond donors (Lipinski definition) is 3. The van der Waals surface area contributed by atoms with Crippen molar-refractivity contribution in [3.8, 4) is 0 Å². The number of aliphatic hydroxyl groups is 3. The van der Waals surface area contributed by atoms with Gasteiger partial charge in [-0.1, -0.05) is 53.2 Å². The lowest BCUT2D eigenvalue weighted by Gasteiger charge is -2.75. The fourth-order valence-corrected chi connectivity index (χ4v) is 11.7. The summed E-state index contributed by atoms with van der Waals surface area (Å²) in [5, 5.41) is 34.1. The second kappa shape index (κ2) is 8.08. The Bertz CT molecular complexity index is 1040. The monoisotopic (exact) mass is 530 g/mol. The number of rotatable bonds is 2. The largest absolute Gasteiger partial charge is 0.465 e. The molecule has 12 atom stereocenters. The van der Waals surface area contributed by atoms with Gasteiger partial charge in [0.05, 0.1) is 18.8 Å². The second-order valence-electron chi connectivity index (χ2n) is 15.5. The minimum Gasteiger partial charge on any atom is -0.465 e. The molecule has 2 aliphatic heterocycles. The predicted molar refractivity (Wildman–Crippen MR) is 144 cm³/mol. The highest BCUT2D eigenvalue weighted by molar-refractivity contribution is 5.66. The summed E-state index contributed by atoms with van der Waals surface area (Å²) in [6.07, 6.45) is 7.33. The fourth-order valence-electron chi connectivity index (χ4n) is 11.7. The zero-order valence-corrected chi connectivity index (χ0v) is 24.5. The van der Waals surface area contributed by atoms with Crippen LogP contribution in [-0.4, -0.2) is 52.5 Å². The van der Waals surface area contributed by atoms with Gasteiger partial charge in [-0.25, -0.2) is 0 Å². The SMILES string of the molecule is CC(=O)OC[C@@]12CC[C@]3(C)C(=CC[C@@H]4[C@]56CC[C@](O)(OC5)C(C)(C)[C@@H]6CC[C@]43C)[C@@H]1[C@@H](C)[C@H](C)[C@@H](O)[C@H]2O. The van der Waals surface area contributed by atoms with Crippen molar-refractivity contribution in [3.63, 3.8) is 0 Å². The van der Waals surface area contributed by atoms with E-state index in [-0.39, 0.29) is 52.0 Å². The summed E-state index contributed by atoms with van der Waals surface area (Å²) in [4.78, 5) is 11.9. The maximum Gasteiger partial charge on any atom is 0.302 e. The molecule has 0 aromatic heterocycles. The highest BCUT2D eigenvalue weighted by Crippen LogP contribution is 2.77. The molecule has 38 heavy (non-hydrogen) atoms. The lowest BCUT2D eigenvalue weighted by atomic mass is 9.32. The third kappa shape index (κ3) is 2.97. The zero-order valence-electron chi connectivity index (χ0n) is 24.5. The molecule has 6 heteroatoms. The van der Waals surface area contributed by atoms with E-state index in [0.29, 0.717) is 24.9 Å². The minimum atomic E-state index is -1.02. The van der Waals surface area contributed by atoms with Gasteiger partial charge in [0.2, 0.25) is 0 Å². The van der Waals surface area contributed by atoms with Gasteiger partial charge in [-0.3, -0.25) is 4.79 Å². The van der Waals surface area contributed by atoms with Crippen LogP contribution in [-0.2, 0) is 14.3 Å². The minimum absolute atomic E-state index is 0.0490. The normalized spacial score (nSPS) is 56.6. The first-order chi connectivity index (χ1) is 17.6. The molecule has 4 saturated carbocycles. The van der Waals surface area contributed by atoms with Gasteiger partial charge in [-0.05, 0) is 78.9 Å². The smallest absolute Gasteiger partial charge is 0.302 e. The van der Waals surface area contributed by atoms with Gasteiger partial charge >= 0.3 is 5.97 Å². The number of esters is 1. The third-order valence-corrected chi connectivity index (χ3v) is 14.4. The lowest BCUT2D eigenvalue weighted by molar-refractivity contribution is -0.395. The van der Waals surface area contributed by atoms with Crippen molar-refractivity contribution in [3.05, 3.63) is 11.6 Å². The Hall–Kier alpha value is -0.950. The third-order valence-electron chi connectivity index (χ3n) is 14.4. The van der Waals surface area contributed by atoms with Crippen LogP contribution < -0.4 is 0 Å². The van der Waals surface area contributed by atoms with Gasteiger partial charge in [-0.2, -0.15) is 0 Å². The molecule has 214 valence electrons. The molecule has 2 heterocycles. The van der Waals surface area contributed by atoms with Crippen LogP contribution in [0.5, 0.6) is 0 Å². The number of aliphatic hydroxyl groups excluding tert-OH is 2. The van der Waals surface area contributed by atoms with Crippen LogP contribution in [0, 0.1) is 56.7 Å². The van der Waals surface area contributed by atoms with E-state index in [0.717, 1.165) is 38.5 Å². The predicted octanol–water partition coefficient (Wildman–Crippen LogP) is 4.85. The number of fused-ring (bicyclic) bond motifs is 7. The molecular weight excluding hydrogens is 480 g/mol. The molecule has 0 aromatic carbocycles. The first kappa shape index (κ1) is 27.2. The number of allylic oxidation sites excluding steroid dienone is 2. The molecule has 5 aliphatic carbocycles. The number of ether oxygens (including phenoxy) is 2. The molecule has 3 N–H and O–H groups in total. The fraction of sp³-hybridized carbons (Fsp3) is 0.906. The van der Waals surface area contributed by atoms with Crippen LogP contribution in [0.25, 0.3) is 0 Å². The molecule has 0 aromatic rings. The average molecular weight is 531 g/mol. The average Bonchev–Trinajstić information content (AvgIpc) is 2.86. The molecule has 7 rings (SSSR count). The first-order valence-electron chi connectivity index (χ1n) is 15.2. The van der Waals surface area contributed by atoms with Gasteiger partial charge in [0.1, 0.15) is 6.61 Å². The van der Waals surface area contributed by atoms with Crippen molar-refractivity contribution in [2.24, 2.45) is 56.7 Å². The van der Waals surface area contributed by atoms with Crippen LogP contribution in [0.15, 0.2) is 11.6 Å². The van der Waals surface area contributed by atoms with Crippen molar-refractivity contribution in [1.29, 1.82) is 0 Å². The Balaban J connectivity index is 1.45. The Morgan fingerprint density at radius 2 is 1.74 bits per heavy atom. The van der Waals surface area contributed by atoms with E-state index in [9.17, 15) is 20.1 Å². The number of carbonyl (C=O) groups excluding carboxylic acids is 1. The molecular formula is C32H50O6. The topological polar surface area (TPSA) is 96.2 Å². The van der Waals surface area contributed by atoms with Crippen molar-refractivity contribution < 1.29 is 29.6 Å². The van der Waals surface area contributed by atoms with Crippen molar-refractivity contribution in [2.45, 2.75) is 111 Å². The van der Waals surface area contributed by atoms with Crippen LogP contribution >= 0.6 is 0 Å². The first-order valence-corrected chi connectivity index (χ1v) is 15.2. The summed E-state index contributed by atoms with van der Waals surface area (Å²) in [6, 6.07) is 0. The van der Waals surface area contributed by atoms with E-state index in [4.69, 9.17) is 9.47 Å². The molecule has 2 bridgehead atoms. The summed E-state index contributed by atoms with van der Waals surface area (Å²) < 4.78 is 12.0. The Kier molecular flexibility index (Phi) is 5.79. The molecule has 2 saturated heterocycles. The summed E-state index contributed by atoms with van der Waals surface area (Å²) in [5.74, 6) is -0.274. The van der Waals surface area contributed by atoms with Crippen LogP contribution in [0.4, 0.5) is 0 Å². The Morgan fingerprint density at radius 1 is 1.03 bits per heavy atom. The molecule has 0 radical (unpaired) electrons. The molecule has 0 unspecified atom stereocenters. The van der Waals surface area contributed by atoms with Crippen LogP contribution in [0.1, 0.15) is 93.4 Å². The van der Waals surface area contributed by atoms with Crippen molar-refractivity contribution in [1.82, 2.24) is 0 Å². The number of hydrogen-bond acceptors (Lipinski definition) is 6. The molecule has 6 fully saturated rings. The number of carbonyl (C=O) groups is 1. The van der Waals surface area contributed by atoms with E-state index >= 15 is 0 Å². The molecule has 6 nitrogen and oxygen atoms in total. The van der Waals surface area contributed by atoms with Gasteiger partial charge in [-0.15, -0.1) is 0 Å². The maximum absolute atomic E-state index is 11.9. The highest BCUT2D eigenvalue weighted by atomic mass is 16.6. The maximum atomic E-state index is 11.9. The highest BCUT2D eigenvalue weighted by Gasteiger charge is 2.74. The standard InChI is InChI=1S/C32H50O6/c1-18-19(2)25(34)26(35)31(16-37-20(3)33)13-12-28(6)21(24(18)31)8-9-23-29(28,7)11-10-22-27(4,5)32(36)15-14-30(22,23)17-38-32/h8,18-19,22-26,34-36H,9-17H2,1-7H3/t18-,19-,22-,23-,24-,25+,26+,28+,29+,30+,31-,32-/m0/s1.